The van der Waals surface area contributed by atoms with Crippen LogP contribution in [-0.4, -0.2) is 47.0 Å². The fourth-order valence-electron chi connectivity index (χ4n) is 2.03. The van der Waals surface area contributed by atoms with E-state index in [1.165, 1.54) is 0 Å². The highest BCUT2D eigenvalue weighted by molar-refractivity contribution is 5.93. The largest absolute Gasteiger partial charge is 0.376 e. The molecule has 0 aromatic carbocycles. The van der Waals surface area contributed by atoms with Gasteiger partial charge in [0.1, 0.15) is 24.3 Å². The van der Waals surface area contributed by atoms with Gasteiger partial charge in [-0.05, 0) is 27.7 Å². The highest BCUT2D eigenvalue weighted by Crippen LogP contribution is 2.19. The Bertz CT molecular complexity index is 515. The molecule has 0 bridgehead atoms. The zero-order chi connectivity index (χ0) is 16.8. The zero-order valence-electron chi connectivity index (χ0n) is 14.3. The smallest absolute Gasteiger partial charge is 0.194 e. The molecule has 1 aliphatic heterocycles. The second-order valence-corrected chi connectivity index (χ2v) is 6.02. The molecule has 130 valence electrons. The number of anilines is 1. The second kappa shape index (κ2) is 8.28. The number of fused-ring (bicyclic) bond motifs is 1. The van der Waals surface area contributed by atoms with Crippen molar-refractivity contribution in [3.05, 3.63) is 12.0 Å². The van der Waals surface area contributed by atoms with Crippen LogP contribution in [0.4, 0.5) is 5.82 Å². The van der Waals surface area contributed by atoms with Crippen LogP contribution in [0.15, 0.2) is 11.3 Å². The van der Waals surface area contributed by atoms with Gasteiger partial charge in [-0.15, -0.1) is 0 Å². The number of guanidine groups is 1. The molecule has 1 aliphatic rings. The molecule has 0 radical (unpaired) electrons. The summed E-state index contributed by atoms with van der Waals surface area (Å²) in [6.07, 6.45) is 1.88. The Labute approximate surface area is 137 Å². The lowest BCUT2D eigenvalue weighted by Gasteiger charge is -2.22. The molecule has 2 heterocycles. The third-order valence-electron chi connectivity index (χ3n) is 3.24. The Morgan fingerprint density at radius 2 is 1.83 bits per heavy atom. The molecule has 23 heavy (non-hydrogen) atoms. The minimum atomic E-state index is -0.146. The molecule has 0 fully saturated rings. The van der Waals surface area contributed by atoms with E-state index in [9.17, 15) is 0 Å². The molecule has 0 unspecified atom stereocenters. The molecule has 8 nitrogen and oxygen atoms in total. The number of ether oxygens (including phenoxy) is 3. The second-order valence-electron chi connectivity index (χ2n) is 6.02. The van der Waals surface area contributed by atoms with E-state index in [1.54, 1.807) is 6.33 Å². The average molecular weight is 325 g/mol. The zero-order valence-corrected chi connectivity index (χ0v) is 14.3. The summed E-state index contributed by atoms with van der Waals surface area (Å²) in [5.74, 6) is 1.22. The number of nitrogens with zero attached hydrogens (tertiary/aromatic N) is 3. The van der Waals surface area contributed by atoms with Gasteiger partial charge in [0, 0.05) is 0 Å². The molecular weight excluding hydrogens is 298 g/mol. The number of hydrogen-bond donors (Lipinski definition) is 2. The molecule has 2 rings (SSSR count). The van der Waals surface area contributed by atoms with Crippen molar-refractivity contribution in [1.29, 1.82) is 0 Å². The van der Waals surface area contributed by atoms with Crippen LogP contribution in [0.3, 0.4) is 0 Å². The van der Waals surface area contributed by atoms with Gasteiger partial charge in [0.15, 0.2) is 5.96 Å². The van der Waals surface area contributed by atoms with Gasteiger partial charge in [-0.1, -0.05) is 0 Å². The van der Waals surface area contributed by atoms with Crippen molar-refractivity contribution < 1.29 is 14.2 Å². The molecule has 8 heteroatoms. The molecular formula is C15H27N5O3. The maximum Gasteiger partial charge on any atom is 0.194 e. The summed E-state index contributed by atoms with van der Waals surface area (Å²) in [5, 5.41) is 3.02. The van der Waals surface area contributed by atoms with Crippen molar-refractivity contribution in [3.8, 4) is 0 Å². The molecule has 0 atom stereocenters. The molecule has 0 amide bonds. The lowest BCUT2D eigenvalue weighted by molar-refractivity contribution is -0.0990. The number of aliphatic imine (C=N–C) groups is 1. The molecule has 0 aliphatic carbocycles. The predicted octanol–water partition coefficient (Wildman–Crippen LogP) is 1.32. The maximum absolute atomic E-state index is 5.94. The Kier molecular flexibility index (Phi) is 6.37. The van der Waals surface area contributed by atoms with Gasteiger partial charge in [-0.25, -0.2) is 9.98 Å². The molecule has 1 aromatic rings. The SMILES string of the molecule is CC(C)OCC(COC(C)C)OCn1cnc2c1NC(N)=NC2. The van der Waals surface area contributed by atoms with Gasteiger partial charge in [-0.3, -0.25) is 4.57 Å². The Hall–Kier alpha value is -1.64. The number of nitrogens with one attached hydrogen (secondary N) is 1. The van der Waals surface area contributed by atoms with E-state index in [0.717, 1.165) is 11.5 Å². The number of aromatic nitrogens is 2. The monoisotopic (exact) mass is 325 g/mol. The quantitative estimate of drug-likeness (QED) is 0.711. The van der Waals surface area contributed by atoms with Crippen LogP contribution in [0.2, 0.25) is 0 Å². The van der Waals surface area contributed by atoms with Crippen LogP contribution in [0.25, 0.3) is 0 Å². The minimum Gasteiger partial charge on any atom is -0.376 e. The molecule has 3 N–H and O–H groups in total. The first kappa shape index (κ1) is 17.7. The van der Waals surface area contributed by atoms with Gasteiger partial charge < -0.3 is 25.3 Å². The van der Waals surface area contributed by atoms with Gasteiger partial charge in [-0.2, -0.15) is 0 Å². The van der Waals surface area contributed by atoms with E-state index in [1.807, 2.05) is 32.3 Å². The third-order valence-corrected chi connectivity index (χ3v) is 3.24. The summed E-state index contributed by atoms with van der Waals surface area (Å²) in [4.78, 5) is 8.42. The van der Waals surface area contributed by atoms with Crippen LogP contribution in [0.5, 0.6) is 0 Å². The molecule has 0 saturated heterocycles. The normalized spacial score (nSPS) is 14.3. The summed E-state index contributed by atoms with van der Waals surface area (Å²) in [5.41, 5.74) is 6.57. The van der Waals surface area contributed by atoms with E-state index >= 15 is 0 Å². The van der Waals surface area contributed by atoms with Crippen LogP contribution in [0.1, 0.15) is 33.4 Å². The molecule has 0 spiro atoms. The van der Waals surface area contributed by atoms with Crippen molar-refractivity contribution in [1.82, 2.24) is 9.55 Å². The van der Waals surface area contributed by atoms with Gasteiger partial charge >= 0.3 is 0 Å². The highest BCUT2D eigenvalue weighted by Gasteiger charge is 2.18. The predicted molar refractivity (Wildman–Crippen MR) is 88.2 cm³/mol. The third kappa shape index (κ3) is 5.49. The van der Waals surface area contributed by atoms with Crippen LogP contribution in [0, 0.1) is 0 Å². The number of rotatable bonds is 9. The van der Waals surface area contributed by atoms with E-state index in [4.69, 9.17) is 19.9 Å². The van der Waals surface area contributed by atoms with Gasteiger partial charge in [0.2, 0.25) is 0 Å². The lowest BCUT2D eigenvalue weighted by Crippen LogP contribution is -2.31. The summed E-state index contributed by atoms with van der Waals surface area (Å²) in [6, 6.07) is 0. The Morgan fingerprint density at radius 3 is 2.43 bits per heavy atom. The van der Waals surface area contributed by atoms with E-state index in [-0.39, 0.29) is 18.3 Å². The molecule has 1 aromatic heterocycles. The number of hydrogen-bond acceptors (Lipinski definition) is 7. The van der Waals surface area contributed by atoms with E-state index in [2.05, 4.69) is 15.3 Å². The first-order valence-electron chi connectivity index (χ1n) is 7.91. The van der Waals surface area contributed by atoms with Crippen molar-refractivity contribution in [2.75, 3.05) is 18.5 Å². The van der Waals surface area contributed by atoms with Gasteiger partial charge in [0.05, 0.1) is 38.3 Å². The van der Waals surface area contributed by atoms with Crippen molar-refractivity contribution in [3.63, 3.8) is 0 Å². The van der Waals surface area contributed by atoms with Crippen LogP contribution >= 0.6 is 0 Å². The van der Waals surface area contributed by atoms with Crippen molar-refractivity contribution >= 4 is 11.8 Å². The fraction of sp³-hybridized carbons (Fsp3) is 0.733. The first-order chi connectivity index (χ1) is 11.0. The van der Waals surface area contributed by atoms with E-state index < -0.39 is 0 Å². The topological polar surface area (TPSA) is 95.9 Å². The van der Waals surface area contributed by atoms with Crippen LogP contribution in [-0.2, 0) is 27.5 Å². The summed E-state index contributed by atoms with van der Waals surface area (Å²) in [6.45, 7) is 9.79. The standard InChI is InChI=1S/C15H27N5O3/c1-10(2)21-6-12(7-22-11(3)4)23-9-20-8-18-13-5-17-15(16)19-14(13)20/h8,10-12H,5-7,9H2,1-4H3,(H3,16,17,19). The Balaban J connectivity index is 1.91. The van der Waals surface area contributed by atoms with E-state index in [0.29, 0.717) is 32.4 Å². The van der Waals surface area contributed by atoms with Crippen molar-refractivity contribution in [2.45, 2.75) is 59.3 Å². The number of nitrogens with two attached hydrogens (primary N) is 1. The lowest BCUT2D eigenvalue weighted by atomic mass is 10.3. The Morgan fingerprint density at radius 1 is 1.17 bits per heavy atom. The summed E-state index contributed by atoms with van der Waals surface area (Å²) in [7, 11) is 0. The first-order valence-corrected chi connectivity index (χ1v) is 7.91. The van der Waals surface area contributed by atoms with Gasteiger partial charge in [0.25, 0.3) is 0 Å². The fourth-order valence-corrected chi connectivity index (χ4v) is 2.03. The van der Waals surface area contributed by atoms with Crippen molar-refractivity contribution in [2.24, 2.45) is 10.7 Å². The number of imidazole rings is 1. The minimum absolute atomic E-state index is 0.146. The maximum atomic E-state index is 5.94. The highest BCUT2D eigenvalue weighted by atomic mass is 16.6. The molecule has 0 saturated carbocycles. The van der Waals surface area contributed by atoms with Crippen LogP contribution < -0.4 is 11.1 Å². The summed E-state index contributed by atoms with van der Waals surface area (Å²) < 4.78 is 19.1. The summed E-state index contributed by atoms with van der Waals surface area (Å²) >= 11 is 0. The average Bonchev–Trinajstić information content (AvgIpc) is 2.88.